The fourth-order valence-corrected chi connectivity index (χ4v) is 0.428. The van der Waals surface area contributed by atoms with Crippen molar-refractivity contribution < 1.29 is 31.1 Å². The predicted molar refractivity (Wildman–Crippen MR) is 32.8 cm³/mol. The molecule has 0 rings (SSSR count). The molecule has 8 heavy (non-hydrogen) atoms. The summed E-state index contributed by atoms with van der Waals surface area (Å²) in [5, 5.41) is 0. The molecule has 0 radical (unpaired) electrons. The Morgan fingerprint density at radius 2 is 1.62 bits per heavy atom. The van der Waals surface area contributed by atoms with Gasteiger partial charge in [-0.05, 0) is 6.54 Å². The van der Waals surface area contributed by atoms with Gasteiger partial charge in [0.15, 0.2) is 0 Å². The Morgan fingerprint density at radius 1 is 1.25 bits per heavy atom. The molecule has 0 N–H and O–H groups in total. The molecule has 0 saturated carbocycles. The number of rotatable bonds is 3. The molecule has 0 aromatic rings. The monoisotopic (exact) mass is 337 g/mol. The van der Waals surface area contributed by atoms with E-state index < -0.39 is 0 Å². The summed E-state index contributed by atoms with van der Waals surface area (Å²) in [6, 6.07) is 0. The molecule has 0 atom stereocenters. The molecule has 0 fully saturated rings. The minimum Gasteiger partial charge on any atom is -0.363 e. The SMILES string of the molecule is [CH2-]CN(C[CH2-])CC.[U+2]. The first-order chi connectivity index (χ1) is 3.35. The Hall–Kier alpha value is 1.01. The molecule has 0 unspecified atom stereocenters. The van der Waals surface area contributed by atoms with Crippen molar-refractivity contribution in [2.45, 2.75) is 6.92 Å². The van der Waals surface area contributed by atoms with Crippen molar-refractivity contribution in [1.29, 1.82) is 0 Å². The summed E-state index contributed by atoms with van der Waals surface area (Å²) in [6.45, 7) is 12.3. The van der Waals surface area contributed by atoms with Crippen molar-refractivity contribution >= 4 is 0 Å². The van der Waals surface area contributed by atoms with Crippen LogP contribution < -0.4 is 0 Å². The van der Waals surface area contributed by atoms with E-state index in [1.54, 1.807) is 0 Å². The molecule has 0 aliphatic carbocycles. The van der Waals surface area contributed by atoms with Gasteiger partial charge in [0.1, 0.15) is 0 Å². The Morgan fingerprint density at radius 3 is 1.62 bits per heavy atom. The Kier molecular flexibility index (Phi) is 11.8. The maximum atomic E-state index is 3.71. The van der Waals surface area contributed by atoms with Gasteiger partial charge in [-0.25, -0.2) is 0 Å². The Labute approximate surface area is 76.2 Å². The topological polar surface area (TPSA) is 3.24 Å². The van der Waals surface area contributed by atoms with E-state index in [0.29, 0.717) is 0 Å². The van der Waals surface area contributed by atoms with Crippen LogP contribution >= 0.6 is 0 Å². The first-order valence-electron chi connectivity index (χ1n) is 2.66. The van der Waals surface area contributed by atoms with Gasteiger partial charge in [0.2, 0.25) is 0 Å². The van der Waals surface area contributed by atoms with Crippen LogP contribution in [0.4, 0.5) is 0 Å². The van der Waals surface area contributed by atoms with Gasteiger partial charge in [0.05, 0.1) is 0 Å². The summed E-state index contributed by atoms with van der Waals surface area (Å²) in [5.41, 5.74) is 0. The predicted octanol–water partition coefficient (Wildman–Crippen LogP) is 0.976. The summed E-state index contributed by atoms with van der Waals surface area (Å²) in [5.74, 6) is 0. The van der Waals surface area contributed by atoms with Crippen LogP contribution in [0.1, 0.15) is 6.92 Å². The first kappa shape index (κ1) is 11.8. The minimum absolute atomic E-state index is 0. The van der Waals surface area contributed by atoms with Gasteiger partial charge in [0.25, 0.3) is 0 Å². The second-order valence-corrected chi connectivity index (χ2v) is 1.43. The maximum absolute atomic E-state index is 3.71. The normalized spacial score (nSPS) is 9.00. The van der Waals surface area contributed by atoms with Crippen molar-refractivity contribution in [2.75, 3.05) is 19.6 Å². The molecule has 0 aromatic heterocycles. The van der Waals surface area contributed by atoms with E-state index in [1.165, 1.54) is 0 Å². The van der Waals surface area contributed by atoms with Crippen molar-refractivity contribution in [1.82, 2.24) is 4.90 Å². The second kappa shape index (κ2) is 8.01. The molecule has 0 aromatic carbocycles. The molecular formula is C6H13NU. The van der Waals surface area contributed by atoms with Gasteiger partial charge in [-0.15, -0.1) is 13.1 Å². The van der Waals surface area contributed by atoms with Gasteiger partial charge in [-0.1, -0.05) is 6.92 Å². The molecule has 0 saturated heterocycles. The van der Waals surface area contributed by atoms with Crippen LogP contribution in [0.25, 0.3) is 0 Å². The van der Waals surface area contributed by atoms with E-state index >= 15 is 0 Å². The number of nitrogens with zero attached hydrogens (tertiary/aromatic N) is 1. The molecule has 0 heterocycles. The molecule has 0 spiro atoms. The minimum atomic E-state index is 0. The van der Waals surface area contributed by atoms with Gasteiger partial charge < -0.3 is 18.7 Å². The third-order valence-corrected chi connectivity index (χ3v) is 1.08. The quantitative estimate of drug-likeness (QED) is 0.694. The molecular weight excluding hydrogens is 324 g/mol. The third kappa shape index (κ3) is 5.15. The zero-order valence-corrected chi connectivity index (χ0v) is 9.65. The Balaban J connectivity index is 0. The van der Waals surface area contributed by atoms with E-state index in [9.17, 15) is 0 Å². The van der Waals surface area contributed by atoms with Crippen molar-refractivity contribution in [3.8, 4) is 0 Å². The number of hydrogen-bond donors (Lipinski definition) is 0. The Bertz CT molecular complexity index is 30.0. The zero-order chi connectivity index (χ0) is 5.70. The maximum Gasteiger partial charge on any atom is 2.00 e. The standard InChI is InChI=1S/C6H13N.U/c1-4-7(5-2)6-3;/h1-2,4-6H2,3H3;/q-2;+2. The van der Waals surface area contributed by atoms with Gasteiger partial charge in [0, 0.05) is 0 Å². The van der Waals surface area contributed by atoms with Crippen LogP contribution in [0.5, 0.6) is 0 Å². The smallest absolute Gasteiger partial charge is 0.363 e. The van der Waals surface area contributed by atoms with Crippen LogP contribution in [0, 0.1) is 45.0 Å². The summed E-state index contributed by atoms with van der Waals surface area (Å²) >= 11 is 0. The molecule has 0 aliphatic heterocycles. The fraction of sp³-hybridized carbons (Fsp3) is 0.667. The molecule has 46 valence electrons. The van der Waals surface area contributed by atoms with Crippen molar-refractivity contribution in [3.63, 3.8) is 0 Å². The van der Waals surface area contributed by atoms with Gasteiger partial charge >= 0.3 is 31.1 Å². The van der Waals surface area contributed by atoms with Gasteiger partial charge in [-0.2, -0.15) is 0 Å². The van der Waals surface area contributed by atoms with E-state index in [-0.39, 0.29) is 31.1 Å². The van der Waals surface area contributed by atoms with E-state index in [1.807, 2.05) is 0 Å². The molecule has 2 heteroatoms. The summed E-state index contributed by atoms with van der Waals surface area (Å²) < 4.78 is 0. The van der Waals surface area contributed by atoms with Crippen LogP contribution in [0.3, 0.4) is 0 Å². The van der Waals surface area contributed by atoms with E-state index in [0.717, 1.165) is 19.6 Å². The third-order valence-electron chi connectivity index (χ3n) is 1.08. The van der Waals surface area contributed by atoms with Crippen molar-refractivity contribution in [2.24, 2.45) is 0 Å². The van der Waals surface area contributed by atoms with Crippen molar-refractivity contribution in [3.05, 3.63) is 13.8 Å². The fourth-order valence-electron chi connectivity index (χ4n) is 0.428. The van der Waals surface area contributed by atoms with E-state index in [4.69, 9.17) is 0 Å². The van der Waals surface area contributed by atoms with Crippen LogP contribution in [0.15, 0.2) is 0 Å². The van der Waals surface area contributed by atoms with Gasteiger partial charge in [-0.3, -0.25) is 0 Å². The number of hydrogen-bond acceptors (Lipinski definition) is 1. The first-order valence-corrected chi connectivity index (χ1v) is 2.66. The zero-order valence-electron chi connectivity index (χ0n) is 5.48. The summed E-state index contributed by atoms with van der Waals surface area (Å²) in [4.78, 5) is 2.15. The average molecular weight is 337 g/mol. The van der Waals surface area contributed by atoms with Crippen LogP contribution in [0.2, 0.25) is 0 Å². The molecule has 1 nitrogen and oxygen atoms in total. The summed E-state index contributed by atoms with van der Waals surface area (Å²) in [7, 11) is 0. The molecule has 0 aliphatic rings. The second-order valence-electron chi connectivity index (χ2n) is 1.43. The average Bonchev–Trinajstić information content (AvgIpc) is 1.72. The van der Waals surface area contributed by atoms with E-state index in [2.05, 4.69) is 25.7 Å². The molecule has 0 amide bonds. The van der Waals surface area contributed by atoms with Crippen LogP contribution in [-0.2, 0) is 0 Å². The largest absolute Gasteiger partial charge is 2.00 e. The molecule has 0 bridgehead atoms. The summed E-state index contributed by atoms with van der Waals surface area (Å²) in [6.07, 6.45) is 0. The van der Waals surface area contributed by atoms with Crippen LogP contribution in [-0.4, -0.2) is 24.5 Å².